The maximum Gasteiger partial charge on any atom is 0.127 e. The van der Waals surface area contributed by atoms with E-state index in [1.807, 2.05) is 54.6 Å². The zero-order valence-electron chi connectivity index (χ0n) is 9.54. The van der Waals surface area contributed by atoms with Gasteiger partial charge in [-0.05, 0) is 29.8 Å². The lowest BCUT2D eigenvalue weighted by Crippen LogP contribution is -2.06. The molecule has 2 aromatic carbocycles. The first-order chi connectivity index (χ1) is 8.29. The molecule has 0 aliphatic rings. The van der Waals surface area contributed by atoms with Gasteiger partial charge in [-0.2, -0.15) is 0 Å². The maximum atomic E-state index is 5.88. The van der Waals surface area contributed by atoms with E-state index in [-0.39, 0.29) is 6.04 Å². The third-order valence-electron chi connectivity index (χ3n) is 2.48. The van der Waals surface area contributed by atoms with Crippen LogP contribution in [0.3, 0.4) is 0 Å². The van der Waals surface area contributed by atoms with Crippen molar-refractivity contribution in [2.45, 2.75) is 6.04 Å². The Morgan fingerprint density at radius 1 is 1.00 bits per heavy atom. The van der Waals surface area contributed by atoms with Crippen LogP contribution in [0.5, 0.6) is 11.5 Å². The van der Waals surface area contributed by atoms with Gasteiger partial charge >= 0.3 is 0 Å². The molecule has 0 unspecified atom stereocenters. The Morgan fingerprint density at radius 2 is 1.71 bits per heavy atom. The molecule has 0 aliphatic heterocycles. The fourth-order valence-electron chi connectivity index (χ4n) is 1.55. The van der Waals surface area contributed by atoms with Gasteiger partial charge in [0.2, 0.25) is 0 Å². The van der Waals surface area contributed by atoms with Crippen LogP contribution in [0, 0.1) is 0 Å². The Bertz CT molecular complexity index is 493. The van der Waals surface area contributed by atoms with Gasteiger partial charge in [0.25, 0.3) is 0 Å². The van der Waals surface area contributed by atoms with Gasteiger partial charge in [0.1, 0.15) is 11.5 Å². The lowest BCUT2D eigenvalue weighted by Gasteiger charge is -2.10. The predicted molar refractivity (Wildman–Crippen MR) is 70.1 cm³/mol. The summed E-state index contributed by atoms with van der Waals surface area (Å²) in [6, 6.07) is 17.2. The van der Waals surface area contributed by atoms with Crippen molar-refractivity contribution in [2.24, 2.45) is 5.73 Å². The van der Waals surface area contributed by atoms with Gasteiger partial charge in [-0.25, -0.2) is 0 Å². The van der Waals surface area contributed by atoms with E-state index < -0.39 is 0 Å². The lowest BCUT2D eigenvalue weighted by atomic mass is 10.1. The van der Waals surface area contributed by atoms with Crippen LogP contribution in [0.15, 0.2) is 67.3 Å². The summed E-state index contributed by atoms with van der Waals surface area (Å²) in [7, 11) is 0. The molecule has 2 aromatic rings. The van der Waals surface area contributed by atoms with Crippen molar-refractivity contribution in [3.63, 3.8) is 0 Å². The second kappa shape index (κ2) is 5.32. The van der Waals surface area contributed by atoms with Crippen molar-refractivity contribution in [2.75, 3.05) is 0 Å². The first-order valence-electron chi connectivity index (χ1n) is 5.50. The summed E-state index contributed by atoms with van der Waals surface area (Å²) in [6.45, 7) is 3.68. The second-order valence-electron chi connectivity index (χ2n) is 3.75. The average Bonchev–Trinajstić information content (AvgIpc) is 2.39. The first kappa shape index (κ1) is 11.4. The Hall–Kier alpha value is -2.06. The van der Waals surface area contributed by atoms with E-state index in [0.717, 1.165) is 17.1 Å². The van der Waals surface area contributed by atoms with E-state index in [4.69, 9.17) is 10.5 Å². The lowest BCUT2D eigenvalue weighted by molar-refractivity contribution is 0.481. The van der Waals surface area contributed by atoms with Crippen LogP contribution in [-0.2, 0) is 0 Å². The van der Waals surface area contributed by atoms with Crippen molar-refractivity contribution >= 4 is 0 Å². The van der Waals surface area contributed by atoms with Crippen LogP contribution < -0.4 is 10.5 Å². The van der Waals surface area contributed by atoms with Crippen molar-refractivity contribution in [1.82, 2.24) is 0 Å². The van der Waals surface area contributed by atoms with E-state index >= 15 is 0 Å². The number of para-hydroxylation sites is 1. The highest BCUT2D eigenvalue weighted by Gasteiger charge is 2.03. The third-order valence-corrected chi connectivity index (χ3v) is 2.48. The summed E-state index contributed by atoms with van der Waals surface area (Å²) in [5, 5.41) is 0. The quantitative estimate of drug-likeness (QED) is 0.806. The Morgan fingerprint density at radius 3 is 2.41 bits per heavy atom. The van der Waals surface area contributed by atoms with Gasteiger partial charge in [-0.3, -0.25) is 0 Å². The number of nitrogens with two attached hydrogens (primary N) is 1. The molecule has 86 valence electrons. The Balaban J connectivity index is 2.19. The minimum Gasteiger partial charge on any atom is -0.457 e. The molecule has 17 heavy (non-hydrogen) atoms. The molecule has 0 radical (unpaired) electrons. The molecule has 0 amide bonds. The van der Waals surface area contributed by atoms with Crippen LogP contribution in [0.4, 0.5) is 0 Å². The van der Waals surface area contributed by atoms with Crippen molar-refractivity contribution in [3.05, 3.63) is 72.8 Å². The van der Waals surface area contributed by atoms with E-state index in [2.05, 4.69) is 6.58 Å². The maximum absolute atomic E-state index is 5.88. The minimum absolute atomic E-state index is 0.158. The Labute approximate surface area is 101 Å². The fourth-order valence-corrected chi connectivity index (χ4v) is 1.55. The van der Waals surface area contributed by atoms with Crippen LogP contribution in [0.25, 0.3) is 0 Å². The van der Waals surface area contributed by atoms with E-state index in [9.17, 15) is 0 Å². The molecule has 0 saturated carbocycles. The van der Waals surface area contributed by atoms with E-state index in [0.29, 0.717) is 0 Å². The molecular formula is C15H15NO. The SMILES string of the molecule is C=C[C@H](N)c1cccc(Oc2ccccc2)c1. The monoisotopic (exact) mass is 225 g/mol. The topological polar surface area (TPSA) is 35.2 Å². The predicted octanol–water partition coefficient (Wildman–Crippen LogP) is 3.66. The number of benzene rings is 2. The molecule has 2 N–H and O–H groups in total. The van der Waals surface area contributed by atoms with Gasteiger partial charge in [-0.15, -0.1) is 6.58 Å². The summed E-state index contributed by atoms with van der Waals surface area (Å²) < 4.78 is 5.72. The van der Waals surface area contributed by atoms with E-state index in [1.165, 1.54) is 0 Å². The zero-order chi connectivity index (χ0) is 12.1. The van der Waals surface area contributed by atoms with Crippen LogP contribution in [0.1, 0.15) is 11.6 Å². The minimum atomic E-state index is -0.158. The van der Waals surface area contributed by atoms with Gasteiger partial charge in [-0.1, -0.05) is 36.4 Å². The molecule has 0 aromatic heterocycles. The standard InChI is InChI=1S/C15H15NO/c1-2-15(16)12-7-6-10-14(11-12)17-13-8-4-3-5-9-13/h2-11,15H,1,16H2/t15-/m0/s1. The zero-order valence-corrected chi connectivity index (χ0v) is 9.54. The number of ether oxygens (including phenoxy) is 1. The highest BCUT2D eigenvalue weighted by atomic mass is 16.5. The molecule has 0 aliphatic carbocycles. The summed E-state index contributed by atoms with van der Waals surface area (Å²) in [5.41, 5.74) is 6.88. The van der Waals surface area contributed by atoms with Crippen LogP contribution in [-0.4, -0.2) is 0 Å². The largest absolute Gasteiger partial charge is 0.457 e. The molecule has 2 nitrogen and oxygen atoms in total. The van der Waals surface area contributed by atoms with Gasteiger partial charge in [0.05, 0.1) is 0 Å². The molecule has 2 heteroatoms. The summed E-state index contributed by atoms with van der Waals surface area (Å²) >= 11 is 0. The van der Waals surface area contributed by atoms with Crippen molar-refractivity contribution in [1.29, 1.82) is 0 Å². The Kier molecular flexibility index (Phi) is 3.58. The smallest absolute Gasteiger partial charge is 0.127 e. The van der Waals surface area contributed by atoms with Gasteiger partial charge in [0.15, 0.2) is 0 Å². The summed E-state index contributed by atoms with van der Waals surface area (Å²) in [4.78, 5) is 0. The van der Waals surface area contributed by atoms with E-state index in [1.54, 1.807) is 6.08 Å². The van der Waals surface area contributed by atoms with Gasteiger partial charge in [0, 0.05) is 6.04 Å². The highest BCUT2D eigenvalue weighted by molar-refractivity contribution is 5.35. The third kappa shape index (κ3) is 2.95. The molecule has 0 bridgehead atoms. The molecule has 0 fully saturated rings. The number of hydrogen-bond donors (Lipinski definition) is 1. The van der Waals surface area contributed by atoms with Crippen LogP contribution in [0.2, 0.25) is 0 Å². The summed E-state index contributed by atoms with van der Waals surface area (Å²) in [5.74, 6) is 1.60. The molecule has 2 rings (SSSR count). The molecule has 0 spiro atoms. The number of rotatable bonds is 4. The molecule has 0 saturated heterocycles. The number of hydrogen-bond acceptors (Lipinski definition) is 2. The second-order valence-corrected chi connectivity index (χ2v) is 3.75. The highest BCUT2D eigenvalue weighted by Crippen LogP contribution is 2.23. The van der Waals surface area contributed by atoms with Gasteiger partial charge < -0.3 is 10.5 Å². The van der Waals surface area contributed by atoms with Crippen molar-refractivity contribution in [3.8, 4) is 11.5 Å². The average molecular weight is 225 g/mol. The molecular weight excluding hydrogens is 210 g/mol. The normalized spacial score (nSPS) is 11.8. The van der Waals surface area contributed by atoms with Crippen molar-refractivity contribution < 1.29 is 4.74 Å². The molecule has 0 heterocycles. The summed E-state index contributed by atoms with van der Waals surface area (Å²) in [6.07, 6.45) is 1.71. The first-order valence-corrected chi connectivity index (χ1v) is 5.50. The fraction of sp³-hybridized carbons (Fsp3) is 0.0667. The van der Waals surface area contributed by atoms with Crippen LogP contribution >= 0.6 is 0 Å². The molecule has 1 atom stereocenters.